The van der Waals surface area contributed by atoms with Gasteiger partial charge in [-0.05, 0) is 34.7 Å². The molecule has 1 saturated heterocycles. The van der Waals surface area contributed by atoms with Crippen molar-refractivity contribution in [3.05, 3.63) is 9.98 Å². The maximum Gasteiger partial charge on any atom is 0.326 e. The Bertz CT molecular complexity index is 396. The molecule has 6 heteroatoms. The van der Waals surface area contributed by atoms with E-state index in [-0.39, 0.29) is 5.92 Å². The van der Waals surface area contributed by atoms with E-state index in [2.05, 4.69) is 20.9 Å². The van der Waals surface area contributed by atoms with E-state index in [0.29, 0.717) is 0 Å². The van der Waals surface area contributed by atoms with Crippen molar-refractivity contribution in [2.75, 3.05) is 11.4 Å². The molecular weight excluding hydrogens is 292 g/mol. The second-order valence-corrected chi connectivity index (χ2v) is 5.70. The molecule has 2 heterocycles. The fourth-order valence-corrected chi connectivity index (χ4v) is 3.47. The summed E-state index contributed by atoms with van der Waals surface area (Å²) in [5.74, 6) is -0.576. The molecule has 0 bridgehead atoms. The molecule has 2 unspecified atom stereocenters. The van der Waals surface area contributed by atoms with Crippen LogP contribution in [0, 0.1) is 5.92 Å². The maximum absolute atomic E-state index is 11.3. The Labute approximate surface area is 106 Å². The van der Waals surface area contributed by atoms with E-state index in [1.165, 1.54) is 11.3 Å². The number of anilines is 1. The summed E-state index contributed by atoms with van der Waals surface area (Å²) >= 11 is 4.78. The third kappa shape index (κ3) is 2.22. The van der Waals surface area contributed by atoms with E-state index in [1.807, 2.05) is 17.2 Å². The van der Waals surface area contributed by atoms with Crippen LogP contribution in [0.5, 0.6) is 0 Å². The highest BCUT2D eigenvalue weighted by atomic mass is 79.9. The van der Waals surface area contributed by atoms with Crippen LogP contribution in [-0.4, -0.2) is 28.6 Å². The first-order chi connectivity index (χ1) is 7.59. The molecule has 0 aromatic carbocycles. The molecule has 1 aliphatic rings. The van der Waals surface area contributed by atoms with Gasteiger partial charge < -0.3 is 10.0 Å². The molecular formula is C10H13BrN2O2S. The zero-order chi connectivity index (χ0) is 11.7. The van der Waals surface area contributed by atoms with Crippen LogP contribution in [0.2, 0.25) is 0 Å². The third-order valence-corrected chi connectivity index (χ3v) is 4.48. The van der Waals surface area contributed by atoms with E-state index in [4.69, 9.17) is 0 Å². The third-order valence-electron chi connectivity index (χ3n) is 2.90. The number of hydrogen-bond acceptors (Lipinski definition) is 4. The topological polar surface area (TPSA) is 53.4 Å². The summed E-state index contributed by atoms with van der Waals surface area (Å²) in [7, 11) is 0. The SMILES string of the molecule is CC1CCCN(c2nc(Br)cs2)C1C(=O)O. The zero-order valence-corrected chi connectivity index (χ0v) is 11.3. The molecule has 0 saturated carbocycles. The number of carboxylic acid groups (broad SMARTS) is 1. The van der Waals surface area contributed by atoms with E-state index < -0.39 is 12.0 Å². The van der Waals surface area contributed by atoms with Crippen molar-refractivity contribution in [1.82, 2.24) is 4.98 Å². The van der Waals surface area contributed by atoms with Gasteiger partial charge in [-0.25, -0.2) is 9.78 Å². The zero-order valence-electron chi connectivity index (χ0n) is 8.89. The van der Waals surface area contributed by atoms with Crippen LogP contribution in [0.3, 0.4) is 0 Å². The van der Waals surface area contributed by atoms with Gasteiger partial charge in [-0.2, -0.15) is 0 Å². The second kappa shape index (κ2) is 4.71. The van der Waals surface area contributed by atoms with Crippen LogP contribution in [-0.2, 0) is 4.79 Å². The van der Waals surface area contributed by atoms with Crippen molar-refractivity contribution >= 4 is 38.4 Å². The van der Waals surface area contributed by atoms with Gasteiger partial charge in [0.25, 0.3) is 0 Å². The van der Waals surface area contributed by atoms with E-state index in [1.54, 1.807) is 0 Å². The predicted molar refractivity (Wildman–Crippen MR) is 67.0 cm³/mol. The summed E-state index contributed by atoms with van der Waals surface area (Å²) in [6.07, 6.45) is 2.00. The summed E-state index contributed by atoms with van der Waals surface area (Å²) in [6.45, 7) is 2.77. The second-order valence-electron chi connectivity index (χ2n) is 4.05. The number of rotatable bonds is 2. The first kappa shape index (κ1) is 11.9. The first-order valence-corrected chi connectivity index (χ1v) is 6.87. The fourth-order valence-electron chi connectivity index (χ4n) is 2.16. The minimum atomic E-state index is -0.751. The smallest absolute Gasteiger partial charge is 0.326 e. The normalized spacial score (nSPS) is 25.8. The van der Waals surface area contributed by atoms with E-state index in [9.17, 15) is 9.90 Å². The molecule has 1 aromatic rings. The van der Waals surface area contributed by atoms with Crippen molar-refractivity contribution < 1.29 is 9.90 Å². The molecule has 0 spiro atoms. The van der Waals surface area contributed by atoms with E-state index >= 15 is 0 Å². The summed E-state index contributed by atoms with van der Waals surface area (Å²) in [5.41, 5.74) is 0. The van der Waals surface area contributed by atoms with Gasteiger partial charge >= 0.3 is 5.97 Å². The largest absolute Gasteiger partial charge is 0.480 e. The van der Waals surface area contributed by atoms with Gasteiger partial charge in [-0.1, -0.05) is 6.92 Å². The Kier molecular flexibility index (Phi) is 3.49. The number of piperidine rings is 1. The molecule has 2 rings (SSSR count). The van der Waals surface area contributed by atoms with Crippen LogP contribution in [0.4, 0.5) is 5.13 Å². The number of aromatic nitrogens is 1. The minimum Gasteiger partial charge on any atom is -0.480 e. The number of nitrogens with zero attached hydrogens (tertiary/aromatic N) is 2. The number of carbonyl (C=O) groups is 1. The van der Waals surface area contributed by atoms with Crippen LogP contribution in [0.1, 0.15) is 19.8 Å². The summed E-state index contributed by atoms with van der Waals surface area (Å²) in [4.78, 5) is 17.5. The van der Waals surface area contributed by atoms with Gasteiger partial charge in [0.15, 0.2) is 5.13 Å². The van der Waals surface area contributed by atoms with Crippen molar-refractivity contribution in [1.29, 1.82) is 0 Å². The Morgan fingerprint density at radius 3 is 3.06 bits per heavy atom. The van der Waals surface area contributed by atoms with Crippen molar-refractivity contribution in [3.8, 4) is 0 Å². The van der Waals surface area contributed by atoms with Crippen LogP contribution < -0.4 is 4.90 Å². The Hall–Kier alpha value is -0.620. The highest BCUT2D eigenvalue weighted by Crippen LogP contribution is 2.32. The quantitative estimate of drug-likeness (QED) is 0.912. The number of halogens is 1. The molecule has 1 fully saturated rings. The first-order valence-electron chi connectivity index (χ1n) is 5.20. The van der Waals surface area contributed by atoms with Crippen LogP contribution in [0.15, 0.2) is 9.98 Å². The minimum absolute atomic E-state index is 0.175. The van der Waals surface area contributed by atoms with Gasteiger partial charge in [0, 0.05) is 11.9 Å². The van der Waals surface area contributed by atoms with Crippen LogP contribution in [0.25, 0.3) is 0 Å². The predicted octanol–water partition coefficient (Wildman–Crippen LogP) is 2.60. The summed E-state index contributed by atoms with van der Waals surface area (Å²) in [5, 5.41) is 12.0. The van der Waals surface area contributed by atoms with Gasteiger partial charge in [0.05, 0.1) is 0 Å². The summed E-state index contributed by atoms with van der Waals surface area (Å²) < 4.78 is 0.773. The Morgan fingerprint density at radius 2 is 2.50 bits per heavy atom. The number of thiazole rings is 1. The van der Waals surface area contributed by atoms with Gasteiger partial charge in [-0.15, -0.1) is 11.3 Å². The van der Waals surface area contributed by atoms with Crippen LogP contribution >= 0.6 is 27.3 Å². The van der Waals surface area contributed by atoms with Gasteiger partial charge in [0.1, 0.15) is 10.6 Å². The molecule has 4 nitrogen and oxygen atoms in total. The molecule has 88 valence electrons. The summed E-state index contributed by atoms with van der Waals surface area (Å²) in [6, 6.07) is -0.438. The lowest BCUT2D eigenvalue weighted by molar-refractivity contribution is -0.140. The molecule has 1 aromatic heterocycles. The molecule has 0 radical (unpaired) electrons. The number of hydrogen-bond donors (Lipinski definition) is 1. The van der Waals surface area contributed by atoms with Crippen molar-refractivity contribution in [2.24, 2.45) is 5.92 Å². The standard InChI is InChI=1S/C10H13BrN2O2S/c1-6-3-2-4-13(8(6)9(14)15)10-12-7(11)5-16-10/h5-6,8H,2-4H2,1H3,(H,14,15). The lowest BCUT2D eigenvalue weighted by atomic mass is 9.91. The average molecular weight is 305 g/mol. The highest BCUT2D eigenvalue weighted by Gasteiger charge is 2.35. The molecule has 2 atom stereocenters. The lowest BCUT2D eigenvalue weighted by Crippen LogP contribution is -2.49. The molecule has 0 amide bonds. The molecule has 1 N–H and O–H groups in total. The Balaban J connectivity index is 2.27. The lowest BCUT2D eigenvalue weighted by Gasteiger charge is -2.37. The van der Waals surface area contributed by atoms with Gasteiger partial charge in [0.2, 0.25) is 0 Å². The number of carboxylic acids is 1. The number of aliphatic carboxylic acids is 1. The molecule has 1 aliphatic heterocycles. The monoisotopic (exact) mass is 304 g/mol. The highest BCUT2D eigenvalue weighted by molar-refractivity contribution is 9.10. The fraction of sp³-hybridized carbons (Fsp3) is 0.600. The average Bonchev–Trinajstić information content (AvgIpc) is 2.63. The molecule has 16 heavy (non-hydrogen) atoms. The molecule has 0 aliphatic carbocycles. The Morgan fingerprint density at radius 1 is 1.75 bits per heavy atom. The van der Waals surface area contributed by atoms with Gasteiger partial charge in [-0.3, -0.25) is 0 Å². The maximum atomic E-state index is 11.3. The van der Waals surface area contributed by atoms with E-state index in [0.717, 1.165) is 29.1 Å². The van der Waals surface area contributed by atoms with Crippen molar-refractivity contribution in [2.45, 2.75) is 25.8 Å². The van der Waals surface area contributed by atoms with Crippen molar-refractivity contribution in [3.63, 3.8) is 0 Å².